The van der Waals surface area contributed by atoms with Crippen molar-refractivity contribution in [3.8, 4) is 0 Å². The second-order valence-corrected chi connectivity index (χ2v) is 7.70. The summed E-state index contributed by atoms with van der Waals surface area (Å²) in [5, 5.41) is 5.41. The van der Waals surface area contributed by atoms with Gasteiger partial charge in [-0.2, -0.15) is 0 Å². The number of hydrogen-bond donors (Lipinski definition) is 2. The molecule has 0 spiro atoms. The smallest absolute Gasteiger partial charge is 0.319 e. The molecule has 1 fully saturated rings. The Hall–Kier alpha value is -1.56. The van der Waals surface area contributed by atoms with E-state index in [1.807, 2.05) is 24.3 Å². The van der Waals surface area contributed by atoms with E-state index in [4.69, 9.17) is 0 Å². The molecule has 1 aromatic carbocycles. The predicted octanol–water partition coefficient (Wildman–Crippen LogP) is 2.12. The normalized spacial score (nSPS) is 20.9. The molecule has 2 N–H and O–H groups in total. The summed E-state index contributed by atoms with van der Waals surface area (Å²) in [7, 11) is -2.97. The summed E-state index contributed by atoms with van der Waals surface area (Å²) < 4.78 is 22.6. The van der Waals surface area contributed by atoms with E-state index in [9.17, 15) is 13.2 Å². The highest BCUT2D eigenvalue weighted by Gasteiger charge is 2.28. The fraction of sp³-hybridized carbons (Fsp3) is 0.500. The molecular formula is C14H20N2O3S. The maximum absolute atomic E-state index is 11.8. The topological polar surface area (TPSA) is 75.3 Å². The lowest BCUT2D eigenvalue weighted by Crippen LogP contribution is -2.38. The summed E-state index contributed by atoms with van der Waals surface area (Å²) in [6.07, 6.45) is 0.488. The van der Waals surface area contributed by atoms with Crippen LogP contribution in [0, 0.1) is 0 Å². The highest BCUT2D eigenvalue weighted by Crippen LogP contribution is 2.17. The van der Waals surface area contributed by atoms with Crippen LogP contribution in [0.2, 0.25) is 0 Å². The molecule has 2 rings (SSSR count). The second-order valence-electron chi connectivity index (χ2n) is 5.48. The number of carbonyl (C=O) groups is 1. The summed E-state index contributed by atoms with van der Waals surface area (Å²) in [5.74, 6) is 0.634. The average molecular weight is 296 g/mol. The number of sulfone groups is 1. The van der Waals surface area contributed by atoms with Crippen molar-refractivity contribution < 1.29 is 13.2 Å². The zero-order chi connectivity index (χ0) is 14.8. The molecule has 0 saturated carbocycles. The van der Waals surface area contributed by atoms with Gasteiger partial charge in [0.1, 0.15) is 0 Å². The second kappa shape index (κ2) is 5.83. The number of nitrogens with one attached hydrogen (secondary N) is 2. The standard InChI is InChI=1S/C14H20N2O3S/c1-10(2)11-3-5-12(6-4-11)15-14(17)16-13-7-8-20(18,19)9-13/h3-6,10,13H,7-9H2,1-2H3,(H2,15,16,17). The Morgan fingerprint density at radius 1 is 1.25 bits per heavy atom. The number of amides is 2. The van der Waals surface area contributed by atoms with Crippen LogP contribution in [-0.2, 0) is 9.84 Å². The van der Waals surface area contributed by atoms with Crippen LogP contribution in [0.1, 0.15) is 31.7 Å². The van der Waals surface area contributed by atoms with Gasteiger partial charge in [0.05, 0.1) is 11.5 Å². The first kappa shape index (κ1) is 14.8. The Kier molecular flexibility index (Phi) is 4.32. The first-order valence-corrected chi connectivity index (χ1v) is 8.56. The van der Waals surface area contributed by atoms with Gasteiger partial charge in [-0.25, -0.2) is 13.2 Å². The van der Waals surface area contributed by atoms with Crippen LogP contribution in [0.3, 0.4) is 0 Å². The van der Waals surface area contributed by atoms with Crippen LogP contribution in [-0.4, -0.2) is 32.0 Å². The van der Waals surface area contributed by atoms with Gasteiger partial charge in [-0.1, -0.05) is 26.0 Å². The molecule has 6 heteroatoms. The van der Waals surface area contributed by atoms with E-state index in [1.54, 1.807) is 0 Å². The van der Waals surface area contributed by atoms with E-state index in [0.717, 1.165) is 0 Å². The lowest BCUT2D eigenvalue weighted by atomic mass is 10.0. The average Bonchev–Trinajstić information content (AvgIpc) is 2.69. The van der Waals surface area contributed by atoms with Crippen LogP contribution in [0.25, 0.3) is 0 Å². The molecule has 1 heterocycles. The third-order valence-corrected chi connectivity index (χ3v) is 5.17. The number of carbonyl (C=O) groups excluding carboxylic acids is 1. The maximum atomic E-state index is 11.8. The van der Waals surface area contributed by atoms with Gasteiger partial charge in [0.25, 0.3) is 0 Å². The Bertz CT molecular complexity index is 579. The molecule has 0 aliphatic carbocycles. The summed E-state index contributed by atoms with van der Waals surface area (Å²) in [4.78, 5) is 11.8. The van der Waals surface area contributed by atoms with E-state index in [0.29, 0.717) is 18.0 Å². The van der Waals surface area contributed by atoms with E-state index < -0.39 is 9.84 Å². The molecule has 0 radical (unpaired) electrons. The predicted molar refractivity (Wildman–Crippen MR) is 79.7 cm³/mol. The molecule has 0 bridgehead atoms. The first-order chi connectivity index (χ1) is 9.35. The molecule has 1 aromatic rings. The van der Waals surface area contributed by atoms with E-state index in [1.165, 1.54) is 5.56 Å². The van der Waals surface area contributed by atoms with Gasteiger partial charge in [0, 0.05) is 11.7 Å². The molecule has 1 unspecified atom stereocenters. The zero-order valence-corrected chi connectivity index (χ0v) is 12.5. The SMILES string of the molecule is CC(C)c1ccc(NC(=O)NC2CCS(=O)(=O)C2)cc1. The van der Waals surface area contributed by atoms with Crippen LogP contribution in [0.4, 0.5) is 10.5 Å². The molecule has 5 nitrogen and oxygen atoms in total. The third-order valence-electron chi connectivity index (χ3n) is 3.40. The summed E-state index contributed by atoms with van der Waals surface area (Å²) in [6, 6.07) is 7.00. The number of urea groups is 1. The Labute approximate surface area is 119 Å². The Balaban J connectivity index is 1.88. The summed E-state index contributed by atoms with van der Waals surface area (Å²) in [6.45, 7) is 4.21. The molecule has 1 aliphatic rings. The fourth-order valence-electron chi connectivity index (χ4n) is 2.21. The van der Waals surface area contributed by atoms with Gasteiger partial charge in [-0.3, -0.25) is 0 Å². The lowest BCUT2D eigenvalue weighted by molar-refractivity contribution is 0.249. The monoisotopic (exact) mass is 296 g/mol. The molecule has 110 valence electrons. The van der Waals surface area contributed by atoms with E-state index in [-0.39, 0.29) is 23.6 Å². The molecule has 1 saturated heterocycles. The van der Waals surface area contributed by atoms with Crippen molar-refractivity contribution in [2.45, 2.75) is 32.2 Å². The minimum Gasteiger partial charge on any atom is -0.334 e. The number of rotatable bonds is 3. The molecule has 1 atom stereocenters. The number of benzene rings is 1. The van der Waals surface area contributed by atoms with Crippen molar-refractivity contribution in [1.82, 2.24) is 5.32 Å². The third kappa shape index (κ3) is 3.96. The van der Waals surface area contributed by atoms with Gasteiger partial charge < -0.3 is 10.6 Å². The van der Waals surface area contributed by atoms with Crippen molar-refractivity contribution in [2.75, 3.05) is 16.8 Å². The van der Waals surface area contributed by atoms with Crippen LogP contribution in [0.5, 0.6) is 0 Å². The van der Waals surface area contributed by atoms with Crippen molar-refractivity contribution in [3.63, 3.8) is 0 Å². The highest BCUT2D eigenvalue weighted by atomic mass is 32.2. The van der Waals surface area contributed by atoms with Crippen LogP contribution < -0.4 is 10.6 Å². The number of hydrogen-bond acceptors (Lipinski definition) is 3. The number of anilines is 1. The minimum atomic E-state index is -2.97. The van der Waals surface area contributed by atoms with Gasteiger partial charge >= 0.3 is 6.03 Å². The van der Waals surface area contributed by atoms with Gasteiger partial charge in [0.2, 0.25) is 0 Å². The van der Waals surface area contributed by atoms with Gasteiger partial charge in [-0.15, -0.1) is 0 Å². The first-order valence-electron chi connectivity index (χ1n) is 6.73. The van der Waals surface area contributed by atoms with Crippen LogP contribution >= 0.6 is 0 Å². The van der Waals surface area contributed by atoms with Crippen LogP contribution in [0.15, 0.2) is 24.3 Å². The van der Waals surface area contributed by atoms with Gasteiger partial charge in [0.15, 0.2) is 9.84 Å². The van der Waals surface area contributed by atoms with Crippen molar-refractivity contribution in [1.29, 1.82) is 0 Å². The molecule has 2 amide bonds. The lowest BCUT2D eigenvalue weighted by Gasteiger charge is -2.12. The maximum Gasteiger partial charge on any atom is 0.319 e. The molecule has 1 aliphatic heterocycles. The van der Waals surface area contributed by atoms with Crippen molar-refractivity contribution in [2.24, 2.45) is 0 Å². The highest BCUT2D eigenvalue weighted by molar-refractivity contribution is 7.91. The quantitative estimate of drug-likeness (QED) is 0.897. The Morgan fingerprint density at radius 2 is 1.90 bits per heavy atom. The molecule has 20 heavy (non-hydrogen) atoms. The van der Waals surface area contributed by atoms with E-state index in [2.05, 4.69) is 24.5 Å². The zero-order valence-electron chi connectivity index (χ0n) is 11.7. The summed E-state index contributed by atoms with van der Waals surface area (Å²) in [5.41, 5.74) is 1.91. The van der Waals surface area contributed by atoms with Crippen molar-refractivity contribution >= 4 is 21.6 Å². The largest absolute Gasteiger partial charge is 0.334 e. The van der Waals surface area contributed by atoms with Crippen molar-refractivity contribution in [3.05, 3.63) is 29.8 Å². The summed E-state index contributed by atoms with van der Waals surface area (Å²) >= 11 is 0. The molecular weight excluding hydrogens is 276 g/mol. The molecule has 0 aromatic heterocycles. The minimum absolute atomic E-state index is 0.0344. The van der Waals surface area contributed by atoms with Gasteiger partial charge in [-0.05, 0) is 30.0 Å². The Morgan fingerprint density at radius 3 is 2.40 bits per heavy atom. The van der Waals surface area contributed by atoms with E-state index >= 15 is 0 Å². The fourth-order valence-corrected chi connectivity index (χ4v) is 3.89.